The Morgan fingerprint density at radius 1 is 1.19 bits per heavy atom. The van der Waals surface area contributed by atoms with Crippen LogP contribution >= 0.6 is 0 Å². The van der Waals surface area contributed by atoms with Gasteiger partial charge in [-0.05, 0) is 30.9 Å². The van der Waals surface area contributed by atoms with Gasteiger partial charge in [-0.15, -0.1) is 0 Å². The van der Waals surface area contributed by atoms with Crippen molar-refractivity contribution in [3.8, 4) is 0 Å². The van der Waals surface area contributed by atoms with Crippen LogP contribution in [0.3, 0.4) is 0 Å². The third-order valence-corrected chi connectivity index (χ3v) is 3.37. The third-order valence-electron chi connectivity index (χ3n) is 3.37. The first kappa shape index (κ1) is 9.58. The summed E-state index contributed by atoms with van der Waals surface area (Å²) in [5, 5.41) is 6.01. The number of anilines is 1. The van der Waals surface area contributed by atoms with Crippen molar-refractivity contribution in [2.24, 2.45) is 11.0 Å². The number of carbonyl (C=O) groups is 1. The molecule has 1 saturated carbocycles. The Labute approximate surface area is 94.8 Å². The number of nitrogens with zero attached hydrogens (tertiary/aromatic N) is 2. The average Bonchev–Trinajstić information content (AvgIpc) is 2.59. The van der Waals surface area contributed by atoms with Crippen LogP contribution in [0.1, 0.15) is 25.7 Å². The molecule has 1 aromatic carbocycles. The summed E-state index contributed by atoms with van der Waals surface area (Å²) >= 11 is 0. The summed E-state index contributed by atoms with van der Waals surface area (Å²) in [6.07, 6.45) is 4.20. The fourth-order valence-electron chi connectivity index (χ4n) is 2.19. The molecule has 1 heterocycles. The minimum absolute atomic E-state index is 0.105. The molecule has 1 fully saturated rings. The van der Waals surface area contributed by atoms with Crippen molar-refractivity contribution < 1.29 is 4.79 Å². The molecule has 3 heteroatoms. The fraction of sp³-hybridized carbons (Fsp3) is 0.385. The minimum atomic E-state index is 0.105. The Morgan fingerprint density at radius 3 is 2.56 bits per heavy atom. The Morgan fingerprint density at radius 2 is 1.94 bits per heavy atom. The summed E-state index contributed by atoms with van der Waals surface area (Å²) < 4.78 is 0. The smallest absolute Gasteiger partial charge is 0.253 e. The quantitative estimate of drug-likeness (QED) is 0.744. The van der Waals surface area contributed by atoms with Gasteiger partial charge >= 0.3 is 0 Å². The molecule has 82 valence electrons. The number of rotatable bonds is 2. The lowest BCUT2D eigenvalue weighted by molar-refractivity contribution is -0.116. The Kier molecular flexibility index (Phi) is 2.24. The van der Waals surface area contributed by atoms with Gasteiger partial charge in [-0.25, -0.2) is 5.01 Å². The van der Waals surface area contributed by atoms with Crippen molar-refractivity contribution in [2.75, 3.05) is 5.01 Å². The van der Waals surface area contributed by atoms with E-state index >= 15 is 0 Å². The zero-order valence-corrected chi connectivity index (χ0v) is 9.10. The van der Waals surface area contributed by atoms with Gasteiger partial charge in [0.15, 0.2) is 0 Å². The molecular formula is C13H14N2O. The van der Waals surface area contributed by atoms with E-state index in [-0.39, 0.29) is 5.91 Å². The normalized spacial score (nSPS) is 20.9. The number of benzene rings is 1. The number of hydrazone groups is 1. The van der Waals surface area contributed by atoms with Gasteiger partial charge in [0.25, 0.3) is 5.91 Å². The van der Waals surface area contributed by atoms with Crippen LogP contribution in [-0.2, 0) is 4.79 Å². The van der Waals surface area contributed by atoms with E-state index in [0.717, 1.165) is 11.4 Å². The number of carbonyl (C=O) groups excluding carboxylic acids is 1. The van der Waals surface area contributed by atoms with E-state index < -0.39 is 0 Å². The Balaban J connectivity index is 1.85. The summed E-state index contributed by atoms with van der Waals surface area (Å²) in [4.78, 5) is 11.8. The van der Waals surface area contributed by atoms with Gasteiger partial charge in [-0.2, -0.15) is 5.10 Å². The highest BCUT2D eigenvalue weighted by Crippen LogP contribution is 2.32. The lowest BCUT2D eigenvalue weighted by Gasteiger charge is -2.24. The summed E-state index contributed by atoms with van der Waals surface area (Å²) in [6, 6.07) is 9.65. The van der Waals surface area contributed by atoms with E-state index in [2.05, 4.69) is 5.10 Å². The zero-order chi connectivity index (χ0) is 11.0. The molecule has 0 unspecified atom stereocenters. The highest BCUT2D eigenvalue weighted by molar-refractivity contribution is 6.13. The van der Waals surface area contributed by atoms with Crippen LogP contribution < -0.4 is 5.01 Å². The van der Waals surface area contributed by atoms with E-state index in [1.807, 2.05) is 30.3 Å². The second-order valence-corrected chi connectivity index (χ2v) is 4.44. The maximum atomic E-state index is 11.8. The largest absolute Gasteiger partial charge is 0.272 e. The predicted octanol–water partition coefficient (Wildman–Crippen LogP) is 2.58. The molecule has 0 N–H and O–H groups in total. The number of hydrogen-bond acceptors (Lipinski definition) is 2. The van der Waals surface area contributed by atoms with Crippen molar-refractivity contribution in [3.63, 3.8) is 0 Å². The molecule has 1 aromatic rings. The van der Waals surface area contributed by atoms with Crippen LogP contribution in [-0.4, -0.2) is 11.6 Å². The lowest BCUT2D eigenvalue weighted by atomic mass is 9.81. The molecule has 0 aromatic heterocycles. The molecule has 1 amide bonds. The molecule has 3 rings (SSSR count). The van der Waals surface area contributed by atoms with Crippen LogP contribution in [0.4, 0.5) is 5.69 Å². The van der Waals surface area contributed by atoms with Crippen molar-refractivity contribution in [1.82, 2.24) is 0 Å². The van der Waals surface area contributed by atoms with Gasteiger partial charge < -0.3 is 0 Å². The summed E-state index contributed by atoms with van der Waals surface area (Å²) in [5.41, 5.74) is 1.96. The number of para-hydroxylation sites is 1. The molecule has 1 aliphatic heterocycles. The van der Waals surface area contributed by atoms with Gasteiger partial charge in [0.1, 0.15) is 0 Å². The molecule has 1 aliphatic carbocycles. The second-order valence-electron chi connectivity index (χ2n) is 4.44. The van der Waals surface area contributed by atoms with E-state index in [1.165, 1.54) is 19.3 Å². The first-order valence-electron chi connectivity index (χ1n) is 5.80. The van der Waals surface area contributed by atoms with Crippen molar-refractivity contribution >= 4 is 17.3 Å². The summed E-state index contributed by atoms with van der Waals surface area (Å²) in [6.45, 7) is 0. The average molecular weight is 214 g/mol. The monoisotopic (exact) mass is 214 g/mol. The summed E-state index contributed by atoms with van der Waals surface area (Å²) in [5.74, 6) is 0.672. The SMILES string of the molecule is O=C1CC(C2CCC2)=NN1c1ccccc1. The molecule has 0 saturated heterocycles. The van der Waals surface area contributed by atoms with E-state index in [0.29, 0.717) is 12.3 Å². The first-order valence-corrected chi connectivity index (χ1v) is 5.80. The molecule has 0 radical (unpaired) electrons. The van der Waals surface area contributed by atoms with Crippen LogP contribution in [0, 0.1) is 5.92 Å². The van der Waals surface area contributed by atoms with Crippen molar-refractivity contribution in [1.29, 1.82) is 0 Å². The molecule has 16 heavy (non-hydrogen) atoms. The van der Waals surface area contributed by atoms with Gasteiger partial charge in [0, 0.05) is 0 Å². The third kappa shape index (κ3) is 1.52. The fourth-order valence-corrected chi connectivity index (χ4v) is 2.19. The number of hydrogen-bond donors (Lipinski definition) is 0. The Bertz CT molecular complexity index is 435. The molecule has 0 bridgehead atoms. The lowest BCUT2D eigenvalue weighted by Crippen LogP contribution is -2.21. The van der Waals surface area contributed by atoms with E-state index in [4.69, 9.17) is 0 Å². The van der Waals surface area contributed by atoms with Crippen molar-refractivity contribution in [3.05, 3.63) is 30.3 Å². The molecule has 0 spiro atoms. The van der Waals surface area contributed by atoms with Crippen molar-refractivity contribution in [2.45, 2.75) is 25.7 Å². The topological polar surface area (TPSA) is 32.7 Å². The predicted molar refractivity (Wildman–Crippen MR) is 63.3 cm³/mol. The van der Waals surface area contributed by atoms with Crippen LogP contribution in [0.15, 0.2) is 35.4 Å². The zero-order valence-electron chi connectivity index (χ0n) is 9.10. The highest BCUT2D eigenvalue weighted by Gasteiger charge is 2.32. The first-order chi connectivity index (χ1) is 7.84. The van der Waals surface area contributed by atoms with Gasteiger partial charge in [0.2, 0.25) is 0 Å². The second kappa shape index (κ2) is 3.74. The minimum Gasteiger partial charge on any atom is -0.272 e. The van der Waals surface area contributed by atoms with Crippen LogP contribution in [0.2, 0.25) is 0 Å². The molecule has 2 aliphatic rings. The molecule has 3 nitrogen and oxygen atoms in total. The van der Waals surface area contributed by atoms with Gasteiger partial charge in [-0.3, -0.25) is 4.79 Å². The maximum absolute atomic E-state index is 11.8. The standard InChI is InChI=1S/C13H14N2O/c16-13-9-12(10-5-4-6-10)14-15(13)11-7-2-1-3-8-11/h1-3,7-8,10H,4-6,9H2. The maximum Gasteiger partial charge on any atom is 0.253 e. The number of amides is 1. The van der Waals surface area contributed by atoms with E-state index in [1.54, 1.807) is 5.01 Å². The Hall–Kier alpha value is -1.64. The summed E-state index contributed by atoms with van der Waals surface area (Å²) in [7, 11) is 0. The van der Waals surface area contributed by atoms with Gasteiger partial charge in [0.05, 0.1) is 17.8 Å². The van der Waals surface area contributed by atoms with E-state index in [9.17, 15) is 4.79 Å². The van der Waals surface area contributed by atoms with Crippen LogP contribution in [0.25, 0.3) is 0 Å². The highest BCUT2D eigenvalue weighted by atomic mass is 16.2. The van der Waals surface area contributed by atoms with Crippen LogP contribution in [0.5, 0.6) is 0 Å². The molecule has 0 atom stereocenters. The van der Waals surface area contributed by atoms with Gasteiger partial charge in [-0.1, -0.05) is 24.6 Å². The molecular weight excluding hydrogens is 200 g/mol.